The Kier molecular flexibility index (Phi) is 4.23. The fourth-order valence-electron chi connectivity index (χ4n) is 1.16. The van der Waals surface area contributed by atoms with Gasteiger partial charge in [0.25, 0.3) is 0 Å². The molecule has 0 radical (unpaired) electrons. The minimum absolute atomic E-state index is 0.220. The number of rotatable bonds is 1. The van der Waals surface area contributed by atoms with Crippen molar-refractivity contribution >= 4 is 45.1 Å². The Labute approximate surface area is 110 Å². The summed E-state index contributed by atoms with van der Waals surface area (Å²) in [6, 6.07) is 3.14. The normalized spacial score (nSPS) is 13.1. The van der Waals surface area contributed by atoms with E-state index in [9.17, 15) is 13.2 Å². The van der Waals surface area contributed by atoms with Crippen molar-refractivity contribution in [3.63, 3.8) is 0 Å². The molecule has 88 valence electrons. The summed E-state index contributed by atoms with van der Waals surface area (Å²) >= 11 is 7.19. The molecule has 0 unspecified atom stereocenters. The Balaban J connectivity index is 3.17. The highest BCUT2D eigenvalue weighted by molar-refractivity contribution is 14.1. The summed E-state index contributed by atoms with van der Waals surface area (Å²) < 4.78 is 37.5. The molecule has 1 aromatic carbocycles. The maximum atomic E-state index is 12.2. The summed E-state index contributed by atoms with van der Waals surface area (Å²) in [5.74, 6) is 0. The summed E-state index contributed by atoms with van der Waals surface area (Å²) in [4.78, 5) is 3.35. The number of nitrogens with zero attached hydrogens (tertiary/aromatic N) is 1. The van der Waals surface area contributed by atoms with Gasteiger partial charge in [-0.25, -0.2) is 4.99 Å². The second-order valence-electron chi connectivity index (χ2n) is 3.29. The molecule has 0 spiro atoms. The van der Waals surface area contributed by atoms with Crippen molar-refractivity contribution in [2.75, 3.05) is 0 Å². The van der Waals surface area contributed by atoms with Crippen LogP contribution in [0.3, 0.4) is 0 Å². The predicted octanol–water partition coefficient (Wildman–Crippen LogP) is 4.74. The maximum Gasteiger partial charge on any atom is 0.444 e. The van der Waals surface area contributed by atoms with Crippen LogP contribution in [0.25, 0.3) is 0 Å². The maximum absolute atomic E-state index is 12.2. The van der Waals surface area contributed by atoms with Crippen molar-refractivity contribution in [3.8, 4) is 0 Å². The smallest absolute Gasteiger partial charge is 0.232 e. The first-order valence-electron chi connectivity index (χ1n) is 4.30. The standard InChI is InChI=1S/C10H8ClF3IN/c1-5-3-7(4-6(2)8(5)15)16-9(11)10(12,13)14/h3-4H,1-2H3. The number of hydrogen-bond acceptors (Lipinski definition) is 1. The molecule has 0 saturated heterocycles. The van der Waals surface area contributed by atoms with E-state index in [0.717, 1.165) is 14.7 Å². The van der Waals surface area contributed by atoms with Gasteiger partial charge in [-0.3, -0.25) is 0 Å². The molecule has 0 aliphatic rings. The summed E-state index contributed by atoms with van der Waals surface area (Å²) in [5.41, 5.74) is 1.98. The van der Waals surface area contributed by atoms with Crippen LogP contribution in [0, 0.1) is 17.4 Å². The molecule has 1 nitrogen and oxygen atoms in total. The van der Waals surface area contributed by atoms with Crippen LogP contribution in [0.15, 0.2) is 17.1 Å². The minimum atomic E-state index is -4.59. The van der Waals surface area contributed by atoms with Gasteiger partial charge in [0.05, 0.1) is 5.69 Å². The Morgan fingerprint density at radius 1 is 1.25 bits per heavy atom. The van der Waals surface area contributed by atoms with Gasteiger partial charge >= 0.3 is 6.18 Å². The molecule has 1 rings (SSSR count). The monoisotopic (exact) mass is 361 g/mol. The molecule has 0 aromatic heterocycles. The van der Waals surface area contributed by atoms with Gasteiger partial charge in [0, 0.05) is 3.57 Å². The molecular weight excluding hydrogens is 353 g/mol. The summed E-state index contributed by atoms with van der Waals surface area (Å²) in [5, 5.41) is -1.35. The molecular formula is C10H8ClF3IN. The van der Waals surface area contributed by atoms with Crippen molar-refractivity contribution in [1.29, 1.82) is 0 Å². The van der Waals surface area contributed by atoms with Gasteiger partial charge in [-0.15, -0.1) is 0 Å². The van der Waals surface area contributed by atoms with E-state index >= 15 is 0 Å². The number of alkyl halides is 3. The minimum Gasteiger partial charge on any atom is -0.232 e. The second kappa shape index (κ2) is 4.91. The molecule has 0 atom stereocenters. The number of aryl methyl sites for hydroxylation is 2. The average Bonchev–Trinajstić information content (AvgIpc) is 2.12. The van der Waals surface area contributed by atoms with Crippen molar-refractivity contribution in [3.05, 3.63) is 26.8 Å². The topological polar surface area (TPSA) is 12.4 Å². The molecule has 0 saturated carbocycles. The molecule has 6 heteroatoms. The van der Waals surface area contributed by atoms with Crippen molar-refractivity contribution < 1.29 is 13.2 Å². The largest absolute Gasteiger partial charge is 0.444 e. The molecule has 0 aliphatic heterocycles. The zero-order valence-corrected chi connectivity index (χ0v) is 11.4. The molecule has 1 aromatic rings. The van der Waals surface area contributed by atoms with E-state index in [-0.39, 0.29) is 5.69 Å². The summed E-state index contributed by atoms with van der Waals surface area (Å²) in [7, 11) is 0. The van der Waals surface area contributed by atoms with Crippen LogP contribution in [-0.2, 0) is 0 Å². The van der Waals surface area contributed by atoms with E-state index in [1.165, 1.54) is 0 Å². The van der Waals surface area contributed by atoms with E-state index in [1.807, 2.05) is 13.8 Å². The number of hydrogen-bond donors (Lipinski definition) is 0. The SMILES string of the molecule is Cc1cc(N=C(Cl)C(F)(F)F)cc(C)c1I. The average molecular weight is 362 g/mol. The number of benzene rings is 1. The third-order valence-electron chi connectivity index (χ3n) is 1.88. The van der Waals surface area contributed by atoms with Gasteiger partial charge in [-0.2, -0.15) is 13.2 Å². The first-order chi connectivity index (χ1) is 7.21. The Morgan fingerprint density at radius 2 is 1.69 bits per heavy atom. The van der Waals surface area contributed by atoms with Gasteiger partial charge in [0.1, 0.15) is 0 Å². The Bertz CT molecular complexity index is 417. The van der Waals surface area contributed by atoms with Crippen molar-refractivity contribution in [1.82, 2.24) is 0 Å². The van der Waals surface area contributed by atoms with Crippen LogP contribution in [0.4, 0.5) is 18.9 Å². The summed E-state index contributed by atoms with van der Waals surface area (Å²) in [6.45, 7) is 3.63. The van der Waals surface area contributed by atoms with E-state index in [1.54, 1.807) is 12.1 Å². The van der Waals surface area contributed by atoms with Crippen LogP contribution >= 0.6 is 34.2 Å². The number of aliphatic imine (C=N–C) groups is 1. The second-order valence-corrected chi connectivity index (χ2v) is 4.73. The quantitative estimate of drug-likeness (QED) is 0.506. The fourth-order valence-corrected chi connectivity index (χ4v) is 1.57. The van der Waals surface area contributed by atoms with Crippen molar-refractivity contribution in [2.24, 2.45) is 4.99 Å². The van der Waals surface area contributed by atoms with Crippen LogP contribution in [0.1, 0.15) is 11.1 Å². The molecule has 0 N–H and O–H groups in total. The van der Waals surface area contributed by atoms with Crippen LogP contribution in [0.2, 0.25) is 0 Å². The van der Waals surface area contributed by atoms with E-state index in [4.69, 9.17) is 11.6 Å². The van der Waals surface area contributed by atoms with Gasteiger partial charge in [-0.1, -0.05) is 11.6 Å². The highest BCUT2D eigenvalue weighted by Gasteiger charge is 2.34. The van der Waals surface area contributed by atoms with E-state index < -0.39 is 11.3 Å². The highest BCUT2D eigenvalue weighted by Crippen LogP contribution is 2.27. The third kappa shape index (κ3) is 3.35. The molecule has 0 heterocycles. The zero-order chi connectivity index (χ0) is 12.5. The molecule has 0 aliphatic carbocycles. The van der Waals surface area contributed by atoms with Gasteiger partial charge < -0.3 is 0 Å². The van der Waals surface area contributed by atoms with Crippen molar-refractivity contribution in [2.45, 2.75) is 20.0 Å². The fraction of sp³-hybridized carbons (Fsp3) is 0.300. The van der Waals surface area contributed by atoms with E-state index in [2.05, 4.69) is 27.6 Å². The van der Waals surface area contributed by atoms with Gasteiger partial charge in [0.2, 0.25) is 5.17 Å². The zero-order valence-electron chi connectivity index (χ0n) is 8.49. The van der Waals surface area contributed by atoms with Crippen LogP contribution in [0.5, 0.6) is 0 Å². The highest BCUT2D eigenvalue weighted by atomic mass is 127. The lowest BCUT2D eigenvalue weighted by Crippen LogP contribution is -2.16. The molecule has 0 amide bonds. The first kappa shape index (κ1) is 13.8. The Morgan fingerprint density at radius 3 is 2.06 bits per heavy atom. The third-order valence-corrected chi connectivity index (χ3v) is 3.88. The van der Waals surface area contributed by atoms with Crippen LogP contribution < -0.4 is 0 Å². The van der Waals surface area contributed by atoms with Gasteiger partial charge in [0.15, 0.2) is 0 Å². The predicted molar refractivity (Wildman–Crippen MR) is 67.6 cm³/mol. The lowest BCUT2D eigenvalue weighted by atomic mass is 10.1. The molecule has 16 heavy (non-hydrogen) atoms. The van der Waals surface area contributed by atoms with Gasteiger partial charge in [-0.05, 0) is 59.7 Å². The Hall–Kier alpha value is -0.300. The molecule has 0 fully saturated rings. The lowest BCUT2D eigenvalue weighted by Gasteiger charge is -2.06. The number of halogens is 5. The van der Waals surface area contributed by atoms with E-state index in [0.29, 0.717) is 0 Å². The molecule has 0 bridgehead atoms. The summed E-state index contributed by atoms with van der Waals surface area (Å²) in [6.07, 6.45) is -4.59. The van der Waals surface area contributed by atoms with Crippen LogP contribution in [-0.4, -0.2) is 11.3 Å². The lowest BCUT2D eigenvalue weighted by molar-refractivity contribution is -0.0558. The first-order valence-corrected chi connectivity index (χ1v) is 5.75.